The predicted octanol–water partition coefficient (Wildman–Crippen LogP) is -0.423. The second kappa shape index (κ2) is 7.54. The molecule has 13 heavy (non-hydrogen) atoms. The second-order valence-corrected chi connectivity index (χ2v) is 2.67. The van der Waals surface area contributed by atoms with Gasteiger partial charge in [0.1, 0.15) is 0 Å². The summed E-state index contributed by atoms with van der Waals surface area (Å²) >= 11 is 0. The minimum absolute atomic E-state index is 0.00858. The molecule has 0 aromatic heterocycles. The van der Waals surface area contributed by atoms with Crippen molar-refractivity contribution >= 4 is 11.9 Å². The Balaban J connectivity index is 3.08. The molecule has 3 N–H and O–H groups in total. The third-order valence-corrected chi connectivity index (χ3v) is 1.55. The molecule has 0 atom stereocenters. The molecule has 0 aromatic rings. The first kappa shape index (κ1) is 11.9. The lowest BCUT2D eigenvalue weighted by Gasteiger charge is -2.02. The van der Waals surface area contributed by atoms with Gasteiger partial charge in [0.2, 0.25) is 5.91 Å². The Bertz CT molecular complexity index is 171. The quantitative estimate of drug-likeness (QED) is 0.474. The van der Waals surface area contributed by atoms with Crippen LogP contribution in [-0.2, 0) is 9.59 Å². The van der Waals surface area contributed by atoms with Crippen molar-refractivity contribution in [2.45, 2.75) is 19.3 Å². The highest BCUT2D eigenvalue weighted by molar-refractivity contribution is 5.75. The molecule has 0 unspecified atom stereocenters. The lowest BCUT2D eigenvalue weighted by molar-refractivity contribution is -0.137. The average molecular weight is 188 g/mol. The van der Waals surface area contributed by atoms with Crippen LogP contribution in [0.1, 0.15) is 19.3 Å². The van der Waals surface area contributed by atoms with Gasteiger partial charge in [0.15, 0.2) is 0 Å². The van der Waals surface area contributed by atoms with E-state index < -0.39 is 5.97 Å². The van der Waals surface area contributed by atoms with Gasteiger partial charge in [0.05, 0.1) is 0 Å². The summed E-state index contributed by atoms with van der Waals surface area (Å²) in [5, 5.41) is 13.8. The molecule has 0 saturated heterocycles. The number of carbonyl (C=O) groups is 2. The van der Waals surface area contributed by atoms with Crippen LogP contribution in [-0.4, -0.2) is 37.1 Å². The van der Waals surface area contributed by atoms with Gasteiger partial charge in [0, 0.05) is 26.4 Å². The van der Waals surface area contributed by atoms with Crippen LogP contribution in [0.5, 0.6) is 0 Å². The van der Waals surface area contributed by atoms with Gasteiger partial charge in [-0.3, -0.25) is 9.59 Å². The molecule has 0 fully saturated rings. The highest BCUT2D eigenvalue weighted by Gasteiger charge is 1.97. The standard InChI is InChI=1S/C8H16N2O3/c1-9-7(11)4-6-10-5-2-3-8(12)13/h10H,2-6H2,1H3,(H,9,11)(H,12,13). The van der Waals surface area contributed by atoms with E-state index in [0.717, 1.165) is 0 Å². The molecule has 0 aliphatic heterocycles. The molecular weight excluding hydrogens is 172 g/mol. The average Bonchev–Trinajstić information content (AvgIpc) is 2.10. The fourth-order valence-electron chi connectivity index (χ4n) is 0.817. The molecule has 0 spiro atoms. The van der Waals surface area contributed by atoms with Crippen LogP contribution in [0.4, 0.5) is 0 Å². The summed E-state index contributed by atoms with van der Waals surface area (Å²) in [7, 11) is 1.59. The zero-order chi connectivity index (χ0) is 10.1. The van der Waals surface area contributed by atoms with E-state index in [9.17, 15) is 9.59 Å². The van der Waals surface area contributed by atoms with Gasteiger partial charge in [-0.15, -0.1) is 0 Å². The van der Waals surface area contributed by atoms with Crippen molar-refractivity contribution in [1.82, 2.24) is 10.6 Å². The van der Waals surface area contributed by atoms with Crippen LogP contribution < -0.4 is 10.6 Å². The van der Waals surface area contributed by atoms with E-state index in [2.05, 4.69) is 10.6 Å². The smallest absolute Gasteiger partial charge is 0.303 e. The molecule has 76 valence electrons. The van der Waals surface area contributed by atoms with E-state index in [1.54, 1.807) is 7.05 Å². The minimum Gasteiger partial charge on any atom is -0.481 e. The summed E-state index contributed by atoms with van der Waals surface area (Å²) in [6.07, 6.45) is 1.21. The number of hydrogen-bond donors (Lipinski definition) is 3. The summed E-state index contributed by atoms with van der Waals surface area (Å²) in [4.78, 5) is 20.8. The first-order valence-corrected chi connectivity index (χ1v) is 4.30. The maximum atomic E-state index is 10.7. The third-order valence-electron chi connectivity index (χ3n) is 1.55. The van der Waals surface area contributed by atoms with E-state index in [0.29, 0.717) is 25.9 Å². The topological polar surface area (TPSA) is 78.4 Å². The molecule has 0 aromatic carbocycles. The van der Waals surface area contributed by atoms with E-state index in [1.807, 2.05) is 0 Å². The number of nitrogens with one attached hydrogen (secondary N) is 2. The van der Waals surface area contributed by atoms with Gasteiger partial charge in [-0.1, -0.05) is 0 Å². The summed E-state index contributed by atoms with van der Waals surface area (Å²) in [5.41, 5.74) is 0. The minimum atomic E-state index is -0.784. The molecular formula is C8H16N2O3. The van der Waals surface area contributed by atoms with Crippen molar-refractivity contribution in [2.75, 3.05) is 20.1 Å². The van der Waals surface area contributed by atoms with Crippen molar-refractivity contribution in [3.63, 3.8) is 0 Å². The van der Waals surface area contributed by atoms with Crippen LogP contribution >= 0.6 is 0 Å². The van der Waals surface area contributed by atoms with Crippen molar-refractivity contribution in [1.29, 1.82) is 0 Å². The van der Waals surface area contributed by atoms with E-state index >= 15 is 0 Å². The monoisotopic (exact) mass is 188 g/mol. The molecule has 0 aliphatic rings. The van der Waals surface area contributed by atoms with Gasteiger partial charge in [0.25, 0.3) is 0 Å². The molecule has 0 aliphatic carbocycles. The summed E-state index contributed by atoms with van der Waals surface area (Å²) < 4.78 is 0. The maximum absolute atomic E-state index is 10.7. The number of hydrogen-bond acceptors (Lipinski definition) is 3. The number of aliphatic carboxylic acids is 1. The zero-order valence-electron chi connectivity index (χ0n) is 7.80. The first-order valence-electron chi connectivity index (χ1n) is 4.30. The molecule has 5 nitrogen and oxygen atoms in total. The van der Waals surface area contributed by atoms with Gasteiger partial charge in [-0.2, -0.15) is 0 Å². The van der Waals surface area contributed by atoms with Crippen LogP contribution in [0.15, 0.2) is 0 Å². The van der Waals surface area contributed by atoms with E-state index in [-0.39, 0.29) is 12.3 Å². The lowest BCUT2D eigenvalue weighted by Crippen LogP contribution is -2.25. The van der Waals surface area contributed by atoms with Crippen molar-refractivity contribution < 1.29 is 14.7 Å². The number of carboxylic acids is 1. The predicted molar refractivity (Wildman–Crippen MR) is 48.4 cm³/mol. The number of carbonyl (C=O) groups excluding carboxylic acids is 1. The fraction of sp³-hybridized carbons (Fsp3) is 0.750. The van der Waals surface area contributed by atoms with Gasteiger partial charge in [-0.05, 0) is 13.0 Å². The Morgan fingerprint density at radius 1 is 1.23 bits per heavy atom. The number of carboxylic acid groups (broad SMARTS) is 1. The van der Waals surface area contributed by atoms with Crippen LogP contribution in [0.3, 0.4) is 0 Å². The molecule has 1 amide bonds. The molecule has 0 heterocycles. The normalized spacial score (nSPS) is 9.62. The Morgan fingerprint density at radius 3 is 2.46 bits per heavy atom. The largest absolute Gasteiger partial charge is 0.481 e. The Labute approximate surface area is 77.5 Å². The van der Waals surface area contributed by atoms with Gasteiger partial charge < -0.3 is 15.7 Å². The van der Waals surface area contributed by atoms with Crippen LogP contribution in [0.2, 0.25) is 0 Å². The lowest BCUT2D eigenvalue weighted by atomic mass is 10.3. The van der Waals surface area contributed by atoms with E-state index in [1.165, 1.54) is 0 Å². The van der Waals surface area contributed by atoms with Crippen LogP contribution in [0, 0.1) is 0 Å². The summed E-state index contributed by atoms with van der Waals surface area (Å²) in [6.45, 7) is 1.24. The Kier molecular flexibility index (Phi) is 6.91. The number of amides is 1. The molecule has 0 saturated carbocycles. The summed E-state index contributed by atoms with van der Waals surface area (Å²) in [5.74, 6) is -0.793. The Morgan fingerprint density at radius 2 is 1.92 bits per heavy atom. The molecule has 5 heteroatoms. The SMILES string of the molecule is CNC(=O)CCNCCCC(=O)O. The first-order chi connectivity index (χ1) is 6.16. The zero-order valence-corrected chi connectivity index (χ0v) is 7.80. The van der Waals surface area contributed by atoms with Crippen molar-refractivity contribution in [3.05, 3.63) is 0 Å². The van der Waals surface area contributed by atoms with Gasteiger partial charge >= 0.3 is 5.97 Å². The second-order valence-electron chi connectivity index (χ2n) is 2.67. The van der Waals surface area contributed by atoms with Crippen LogP contribution in [0.25, 0.3) is 0 Å². The fourth-order valence-corrected chi connectivity index (χ4v) is 0.817. The Hall–Kier alpha value is -1.10. The molecule has 0 bridgehead atoms. The molecule has 0 rings (SSSR count). The molecule has 0 radical (unpaired) electrons. The highest BCUT2D eigenvalue weighted by atomic mass is 16.4. The highest BCUT2D eigenvalue weighted by Crippen LogP contribution is 1.86. The maximum Gasteiger partial charge on any atom is 0.303 e. The van der Waals surface area contributed by atoms with Crippen molar-refractivity contribution in [2.24, 2.45) is 0 Å². The van der Waals surface area contributed by atoms with E-state index in [4.69, 9.17) is 5.11 Å². The summed E-state index contributed by atoms with van der Waals surface area (Å²) in [6, 6.07) is 0. The van der Waals surface area contributed by atoms with Gasteiger partial charge in [-0.25, -0.2) is 0 Å². The third kappa shape index (κ3) is 8.81. The number of rotatable bonds is 7. The van der Waals surface area contributed by atoms with Crippen molar-refractivity contribution in [3.8, 4) is 0 Å².